The molecule has 0 heterocycles. The number of thioether (sulfide) groups is 1. The molecule has 154 valence electrons. The third-order valence-electron chi connectivity index (χ3n) is 4.29. The first-order chi connectivity index (χ1) is 14.3. The number of amides is 2. The first-order valence-corrected chi connectivity index (χ1v) is 10.9. The molecule has 0 saturated carbocycles. The Morgan fingerprint density at radius 3 is 2.10 bits per heavy atom. The zero-order chi connectivity index (χ0) is 21.7. The second-order valence-electron chi connectivity index (χ2n) is 6.72. The van der Waals surface area contributed by atoms with Crippen LogP contribution in [0.4, 0.5) is 11.4 Å². The number of halogens is 2. The maximum atomic E-state index is 12.4. The van der Waals surface area contributed by atoms with Gasteiger partial charge >= 0.3 is 0 Å². The van der Waals surface area contributed by atoms with Crippen LogP contribution in [0.15, 0.2) is 71.6 Å². The summed E-state index contributed by atoms with van der Waals surface area (Å²) in [7, 11) is 0. The van der Waals surface area contributed by atoms with Gasteiger partial charge in [-0.25, -0.2) is 0 Å². The number of aryl methyl sites for hydroxylation is 1. The number of benzene rings is 3. The van der Waals surface area contributed by atoms with Crippen LogP contribution in [0, 0.1) is 6.92 Å². The van der Waals surface area contributed by atoms with Crippen molar-refractivity contribution in [2.24, 2.45) is 0 Å². The molecule has 0 aromatic heterocycles. The van der Waals surface area contributed by atoms with Crippen LogP contribution in [0.1, 0.15) is 22.8 Å². The third kappa shape index (κ3) is 6.02. The standard InChI is InChI=1S/C23H20Cl2N2O2S/c1-14-3-6-17(7-4-14)26-22(28)15(2)30-19-10-8-18(9-11-19)27-23(29)20-12-5-16(24)13-21(20)25/h3-13,15H,1-2H3,(H,26,28)(H,27,29). The topological polar surface area (TPSA) is 58.2 Å². The molecule has 0 aliphatic heterocycles. The van der Waals surface area contributed by atoms with Crippen molar-refractivity contribution in [1.29, 1.82) is 0 Å². The molecular formula is C23H20Cl2N2O2S. The molecule has 0 aliphatic carbocycles. The van der Waals surface area contributed by atoms with E-state index < -0.39 is 0 Å². The van der Waals surface area contributed by atoms with E-state index in [2.05, 4.69) is 10.6 Å². The van der Waals surface area contributed by atoms with Crippen molar-refractivity contribution in [3.05, 3.63) is 87.9 Å². The fraction of sp³-hybridized carbons (Fsp3) is 0.130. The van der Waals surface area contributed by atoms with E-state index in [0.717, 1.165) is 16.1 Å². The van der Waals surface area contributed by atoms with Crippen molar-refractivity contribution in [3.8, 4) is 0 Å². The summed E-state index contributed by atoms with van der Waals surface area (Å²) < 4.78 is 0. The Morgan fingerprint density at radius 1 is 0.867 bits per heavy atom. The predicted octanol–water partition coefficient (Wildman–Crippen LogP) is 6.67. The number of carbonyl (C=O) groups is 2. The van der Waals surface area contributed by atoms with Gasteiger partial charge in [0.15, 0.2) is 0 Å². The minimum absolute atomic E-state index is 0.0707. The van der Waals surface area contributed by atoms with Crippen LogP contribution in [0.2, 0.25) is 10.0 Å². The Hall–Kier alpha value is -2.47. The van der Waals surface area contributed by atoms with Gasteiger partial charge in [-0.1, -0.05) is 40.9 Å². The molecule has 2 N–H and O–H groups in total. The normalized spacial score (nSPS) is 11.6. The molecule has 0 saturated heterocycles. The lowest BCUT2D eigenvalue weighted by Gasteiger charge is -2.13. The van der Waals surface area contributed by atoms with Gasteiger partial charge in [0.1, 0.15) is 0 Å². The Bertz CT molecular complexity index is 1050. The highest BCUT2D eigenvalue weighted by Gasteiger charge is 2.15. The quantitative estimate of drug-likeness (QED) is 0.405. The van der Waals surface area contributed by atoms with Gasteiger partial charge in [-0.2, -0.15) is 0 Å². The molecule has 30 heavy (non-hydrogen) atoms. The van der Waals surface area contributed by atoms with E-state index in [4.69, 9.17) is 23.2 Å². The SMILES string of the molecule is Cc1ccc(NC(=O)C(C)Sc2ccc(NC(=O)c3ccc(Cl)cc3Cl)cc2)cc1. The zero-order valence-electron chi connectivity index (χ0n) is 16.4. The molecule has 7 heteroatoms. The number of rotatable bonds is 6. The van der Waals surface area contributed by atoms with E-state index in [0.29, 0.717) is 21.3 Å². The van der Waals surface area contributed by atoms with Gasteiger partial charge in [0.05, 0.1) is 15.8 Å². The number of carbonyl (C=O) groups excluding carboxylic acids is 2. The second-order valence-corrected chi connectivity index (χ2v) is 8.98. The van der Waals surface area contributed by atoms with Gasteiger partial charge in [0.2, 0.25) is 5.91 Å². The highest BCUT2D eigenvalue weighted by molar-refractivity contribution is 8.00. The maximum Gasteiger partial charge on any atom is 0.257 e. The minimum atomic E-state index is -0.317. The number of anilines is 2. The molecule has 3 aromatic rings. The Balaban J connectivity index is 1.57. The molecule has 4 nitrogen and oxygen atoms in total. The van der Waals surface area contributed by atoms with Crippen LogP contribution in [0.3, 0.4) is 0 Å². The number of hydrogen-bond donors (Lipinski definition) is 2. The second kappa shape index (κ2) is 10.0. The molecule has 0 spiro atoms. The summed E-state index contributed by atoms with van der Waals surface area (Å²) in [6, 6.07) is 19.7. The highest BCUT2D eigenvalue weighted by atomic mass is 35.5. The van der Waals surface area contributed by atoms with Crippen molar-refractivity contribution in [2.45, 2.75) is 24.0 Å². The Morgan fingerprint density at radius 2 is 1.47 bits per heavy atom. The van der Waals surface area contributed by atoms with E-state index in [9.17, 15) is 9.59 Å². The molecule has 3 aromatic carbocycles. The first-order valence-electron chi connectivity index (χ1n) is 9.22. The summed E-state index contributed by atoms with van der Waals surface area (Å²) in [6.45, 7) is 3.85. The Labute approximate surface area is 190 Å². The molecule has 3 rings (SSSR count). The van der Waals surface area contributed by atoms with Gasteiger partial charge in [-0.3, -0.25) is 9.59 Å². The maximum absolute atomic E-state index is 12.4. The van der Waals surface area contributed by atoms with Crippen LogP contribution >= 0.6 is 35.0 Å². The predicted molar refractivity (Wildman–Crippen MR) is 126 cm³/mol. The highest BCUT2D eigenvalue weighted by Crippen LogP contribution is 2.27. The van der Waals surface area contributed by atoms with E-state index in [1.807, 2.05) is 50.2 Å². The summed E-state index contributed by atoms with van der Waals surface area (Å²) in [4.78, 5) is 25.7. The molecule has 0 fully saturated rings. The van der Waals surface area contributed by atoms with E-state index in [1.165, 1.54) is 17.8 Å². The molecule has 1 unspecified atom stereocenters. The average molecular weight is 459 g/mol. The lowest BCUT2D eigenvalue weighted by atomic mass is 10.2. The zero-order valence-corrected chi connectivity index (χ0v) is 18.7. The molecule has 0 aliphatic rings. The van der Waals surface area contributed by atoms with E-state index >= 15 is 0 Å². The molecule has 0 bridgehead atoms. The fourth-order valence-corrected chi connectivity index (χ4v) is 3.99. The van der Waals surface area contributed by atoms with Crippen LogP contribution in [-0.4, -0.2) is 17.1 Å². The monoisotopic (exact) mass is 458 g/mol. The van der Waals surface area contributed by atoms with Crippen molar-refractivity contribution < 1.29 is 9.59 Å². The summed E-state index contributed by atoms with van der Waals surface area (Å²) in [6.07, 6.45) is 0. The van der Waals surface area contributed by atoms with Crippen molar-refractivity contribution in [1.82, 2.24) is 0 Å². The smallest absolute Gasteiger partial charge is 0.257 e. The van der Waals surface area contributed by atoms with Crippen molar-refractivity contribution in [2.75, 3.05) is 10.6 Å². The van der Waals surface area contributed by atoms with Gasteiger partial charge in [0, 0.05) is 21.3 Å². The van der Waals surface area contributed by atoms with Crippen LogP contribution in [0.25, 0.3) is 0 Å². The average Bonchev–Trinajstić information content (AvgIpc) is 2.71. The van der Waals surface area contributed by atoms with Gasteiger partial charge < -0.3 is 10.6 Å². The van der Waals surface area contributed by atoms with Crippen LogP contribution < -0.4 is 10.6 Å². The number of hydrogen-bond acceptors (Lipinski definition) is 3. The van der Waals surface area contributed by atoms with E-state index in [-0.39, 0.29) is 17.1 Å². The summed E-state index contributed by atoms with van der Waals surface area (Å²) in [5.41, 5.74) is 2.89. The largest absolute Gasteiger partial charge is 0.325 e. The summed E-state index contributed by atoms with van der Waals surface area (Å²) >= 11 is 13.4. The van der Waals surface area contributed by atoms with Crippen molar-refractivity contribution >= 4 is 58.2 Å². The summed E-state index contributed by atoms with van der Waals surface area (Å²) in [5, 5.41) is 6.20. The lowest BCUT2D eigenvalue weighted by Crippen LogP contribution is -2.22. The molecule has 1 atom stereocenters. The van der Waals surface area contributed by atoms with Crippen LogP contribution in [0.5, 0.6) is 0 Å². The minimum Gasteiger partial charge on any atom is -0.325 e. The van der Waals surface area contributed by atoms with E-state index in [1.54, 1.807) is 24.3 Å². The number of nitrogens with one attached hydrogen (secondary N) is 2. The first kappa shape index (κ1) is 22.2. The van der Waals surface area contributed by atoms with Crippen molar-refractivity contribution in [3.63, 3.8) is 0 Å². The van der Waals surface area contributed by atoms with Gasteiger partial charge in [0.25, 0.3) is 5.91 Å². The molecular weight excluding hydrogens is 439 g/mol. The summed E-state index contributed by atoms with van der Waals surface area (Å²) in [5.74, 6) is -0.387. The Kier molecular flexibility index (Phi) is 7.43. The fourth-order valence-electron chi connectivity index (χ4n) is 2.63. The third-order valence-corrected chi connectivity index (χ3v) is 5.95. The lowest BCUT2D eigenvalue weighted by molar-refractivity contribution is -0.115. The van der Waals surface area contributed by atoms with Crippen LogP contribution in [-0.2, 0) is 4.79 Å². The molecule has 0 radical (unpaired) electrons. The molecule has 2 amide bonds. The van der Waals surface area contributed by atoms with Gasteiger partial charge in [-0.05, 0) is 68.4 Å². The van der Waals surface area contributed by atoms with Gasteiger partial charge in [-0.15, -0.1) is 11.8 Å².